The fourth-order valence-corrected chi connectivity index (χ4v) is 3.57. The Hall–Kier alpha value is -4.92. The SMILES string of the molecule is N/N=C(\N)CCN(c1ccccc1)c1cc(C(=O)O)nc(-c2ccc(Oc3ccc(F)cc3)cc2)c1. The number of hydrazone groups is 1. The highest BCUT2D eigenvalue weighted by Crippen LogP contribution is 2.31. The molecule has 0 bridgehead atoms. The van der Waals surface area contributed by atoms with Gasteiger partial charge in [0.2, 0.25) is 0 Å². The van der Waals surface area contributed by atoms with Crippen molar-refractivity contribution in [3.05, 3.63) is 103 Å². The number of nitrogens with two attached hydrogens (primary N) is 2. The van der Waals surface area contributed by atoms with Gasteiger partial charge in [-0.15, -0.1) is 0 Å². The number of anilines is 2. The first-order valence-electron chi connectivity index (χ1n) is 11.1. The highest BCUT2D eigenvalue weighted by molar-refractivity contribution is 5.89. The van der Waals surface area contributed by atoms with Crippen LogP contribution in [0.15, 0.2) is 96.1 Å². The van der Waals surface area contributed by atoms with Crippen LogP contribution in [-0.4, -0.2) is 28.4 Å². The quantitative estimate of drug-likeness (QED) is 0.130. The molecule has 0 aliphatic heterocycles. The third-order valence-electron chi connectivity index (χ3n) is 5.37. The number of nitrogens with zero attached hydrogens (tertiary/aromatic N) is 3. The molecule has 1 aromatic heterocycles. The highest BCUT2D eigenvalue weighted by atomic mass is 19.1. The Balaban J connectivity index is 1.68. The fourth-order valence-electron chi connectivity index (χ4n) is 3.57. The number of benzene rings is 3. The third kappa shape index (κ3) is 5.95. The maximum absolute atomic E-state index is 13.1. The van der Waals surface area contributed by atoms with Crippen molar-refractivity contribution < 1.29 is 19.0 Å². The fraction of sp³-hybridized carbons (Fsp3) is 0.0741. The maximum Gasteiger partial charge on any atom is 0.354 e. The van der Waals surface area contributed by atoms with Gasteiger partial charge >= 0.3 is 5.97 Å². The molecule has 36 heavy (non-hydrogen) atoms. The summed E-state index contributed by atoms with van der Waals surface area (Å²) in [5.41, 5.74) is 8.35. The van der Waals surface area contributed by atoms with Crippen molar-refractivity contribution in [1.82, 2.24) is 4.98 Å². The van der Waals surface area contributed by atoms with Gasteiger partial charge in [0.1, 0.15) is 23.2 Å². The molecular weight excluding hydrogens is 461 g/mol. The molecule has 1 heterocycles. The molecule has 0 saturated heterocycles. The van der Waals surface area contributed by atoms with Crippen molar-refractivity contribution >= 4 is 23.2 Å². The van der Waals surface area contributed by atoms with Gasteiger partial charge in [0, 0.05) is 29.9 Å². The van der Waals surface area contributed by atoms with Crippen molar-refractivity contribution in [2.75, 3.05) is 11.4 Å². The van der Waals surface area contributed by atoms with Crippen LogP contribution in [0, 0.1) is 5.82 Å². The van der Waals surface area contributed by atoms with Crippen molar-refractivity contribution in [2.24, 2.45) is 16.7 Å². The summed E-state index contributed by atoms with van der Waals surface area (Å²) in [5.74, 6) is 5.12. The normalized spacial score (nSPS) is 11.2. The van der Waals surface area contributed by atoms with E-state index in [4.69, 9.17) is 16.3 Å². The zero-order chi connectivity index (χ0) is 25.5. The van der Waals surface area contributed by atoms with Crippen molar-refractivity contribution in [2.45, 2.75) is 6.42 Å². The zero-order valence-corrected chi connectivity index (χ0v) is 19.2. The Morgan fingerprint density at radius 3 is 2.19 bits per heavy atom. The van der Waals surface area contributed by atoms with E-state index in [9.17, 15) is 14.3 Å². The number of rotatable bonds is 9. The molecule has 0 saturated carbocycles. The van der Waals surface area contributed by atoms with E-state index in [2.05, 4.69) is 10.1 Å². The van der Waals surface area contributed by atoms with E-state index < -0.39 is 5.97 Å². The molecule has 5 N–H and O–H groups in total. The summed E-state index contributed by atoms with van der Waals surface area (Å²) >= 11 is 0. The lowest BCUT2D eigenvalue weighted by atomic mass is 10.1. The van der Waals surface area contributed by atoms with E-state index in [0.29, 0.717) is 41.4 Å². The van der Waals surface area contributed by atoms with Crippen LogP contribution in [0.5, 0.6) is 11.5 Å². The Kier molecular flexibility index (Phi) is 7.40. The minimum atomic E-state index is -1.15. The first-order chi connectivity index (χ1) is 17.4. The molecule has 0 spiro atoms. The van der Waals surface area contributed by atoms with Gasteiger partial charge in [-0.3, -0.25) is 0 Å². The summed E-state index contributed by atoms with van der Waals surface area (Å²) in [6.45, 7) is 0.420. The van der Waals surface area contributed by atoms with Crippen LogP contribution >= 0.6 is 0 Å². The second-order valence-electron chi connectivity index (χ2n) is 7.84. The average Bonchev–Trinajstić information content (AvgIpc) is 2.91. The predicted molar refractivity (Wildman–Crippen MR) is 137 cm³/mol. The van der Waals surface area contributed by atoms with Gasteiger partial charge < -0.3 is 26.3 Å². The second kappa shape index (κ2) is 11.0. The number of hydrogen-bond donors (Lipinski definition) is 3. The molecular formula is C27H24FN5O3. The van der Waals surface area contributed by atoms with Crippen LogP contribution in [0.25, 0.3) is 11.3 Å². The van der Waals surface area contributed by atoms with Gasteiger partial charge in [-0.1, -0.05) is 18.2 Å². The van der Waals surface area contributed by atoms with Crippen LogP contribution in [0.3, 0.4) is 0 Å². The van der Waals surface area contributed by atoms with Gasteiger partial charge in [0.25, 0.3) is 0 Å². The van der Waals surface area contributed by atoms with Gasteiger partial charge in [-0.05, 0) is 72.8 Å². The lowest BCUT2D eigenvalue weighted by Gasteiger charge is -2.25. The Morgan fingerprint density at radius 1 is 0.944 bits per heavy atom. The standard InChI is InChI=1S/C27H24FN5O3/c28-19-8-12-23(13-9-19)36-22-10-6-18(7-11-22)24-16-21(17-25(31-24)27(34)35)33(15-14-26(29)32-30)20-4-2-1-3-5-20/h1-13,16-17H,14-15,30H2,(H2,29,32)(H,34,35). The first-order valence-corrected chi connectivity index (χ1v) is 11.1. The molecule has 0 aliphatic carbocycles. The number of carbonyl (C=O) groups is 1. The van der Waals surface area contributed by atoms with Crippen molar-refractivity contribution in [1.29, 1.82) is 0 Å². The highest BCUT2D eigenvalue weighted by Gasteiger charge is 2.17. The predicted octanol–water partition coefficient (Wildman–Crippen LogP) is 5.14. The molecule has 4 aromatic rings. The van der Waals surface area contributed by atoms with Crippen LogP contribution in [0.2, 0.25) is 0 Å². The molecule has 8 nitrogen and oxygen atoms in total. The number of pyridine rings is 1. The number of carboxylic acid groups (broad SMARTS) is 1. The van der Waals surface area contributed by atoms with Gasteiger partial charge in [-0.2, -0.15) is 5.10 Å². The Labute approximate surface area is 207 Å². The second-order valence-corrected chi connectivity index (χ2v) is 7.84. The topological polar surface area (TPSA) is 127 Å². The molecule has 4 rings (SSSR count). The maximum atomic E-state index is 13.1. The monoisotopic (exact) mass is 485 g/mol. The van der Waals surface area contributed by atoms with Gasteiger partial charge in [0.05, 0.1) is 5.69 Å². The summed E-state index contributed by atoms with van der Waals surface area (Å²) in [4.78, 5) is 18.2. The summed E-state index contributed by atoms with van der Waals surface area (Å²) in [5, 5.41) is 13.3. The average molecular weight is 486 g/mol. The largest absolute Gasteiger partial charge is 0.477 e. The number of halogens is 1. The molecule has 9 heteroatoms. The summed E-state index contributed by atoms with van der Waals surface area (Å²) in [6, 6.07) is 25.6. The van der Waals surface area contributed by atoms with Crippen molar-refractivity contribution in [3.63, 3.8) is 0 Å². The van der Waals surface area contributed by atoms with Crippen molar-refractivity contribution in [3.8, 4) is 22.8 Å². The summed E-state index contributed by atoms with van der Waals surface area (Å²) < 4.78 is 18.9. The molecule has 3 aromatic carbocycles. The number of para-hydroxylation sites is 1. The molecule has 0 aliphatic rings. The smallest absolute Gasteiger partial charge is 0.354 e. The van der Waals surface area contributed by atoms with Crippen LogP contribution < -0.4 is 21.2 Å². The summed E-state index contributed by atoms with van der Waals surface area (Å²) in [6.07, 6.45) is 0.376. The number of amidine groups is 1. The van der Waals surface area contributed by atoms with Gasteiger partial charge in [0.15, 0.2) is 5.69 Å². The Bertz CT molecular complexity index is 1360. The van der Waals surface area contributed by atoms with E-state index in [1.54, 1.807) is 24.3 Å². The van der Waals surface area contributed by atoms with Gasteiger partial charge in [-0.25, -0.2) is 14.2 Å². The summed E-state index contributed by atoms with van der Waals surface area (Å²) in [7, 11) is 0. The zero-order valence-electron chi connectivity index (χ0n) is 19.2. The number of hydrogen-bond acceptors (Lipinski definition) is 6. The number of aromatic carboxylic acids is 1. The van der Waals surface area contributed by atoms with E-state index in [-0.39, 0.29) is 17.3 Å². The molecule has 182 valence electrons. The number of aromatic nitrogens is 1. The molecule has 0 fully saturated rings. The lowest BCUT2D eigenvalue weighted by Crippen LogP contribution is -2.25. The third-order valence-corrected chi connectivity index (χ3v) is 5.37. The molecule has 0 unspecified atom stereocenters. The number of carboxylic acids is 1. The van der Waals surface area contributed by atoms with Crippen LogP contribution in [-0.2, 0) is 0 Å². The molecule has 0 radical (unpaired) electrons. The van der Waals surface area contributed by atoms with E-state index in [0.717, 1.165) is 5.69 Å². The molecule has 0 amide bonds. The van der Waals surface area contributed by atoms with E-state index in [1.807, 2.05) is 41.3 Å². The van der Waals surface area contributed by atoms with Crippen LogP contribution in [0.1, 0.15) is 16.9 Å². The Morgan fingerprint density at radius 2 is 1.58 bits per heavy atom. The van der Waals surface area contributed by atoms with Crippen LogP contribution in [0.4, 0.5) is 15.8 Å². The van der Waals surface area contributed by atoms with E-state index >= 15 is 0 Å². The lowest BCUT2D eigenvalue weighted by molar-refractivity contribution is 0.0690. The first kappa shape index (κ1) is 24.2. The minimum Gasteiger partial charge on any atom is -0.477 e. The number of ether oxygens (including phenoxy) is 1. The minimum absolute atomic E-state index is 0.101. The van der Waals surface area contributed by atoms with E-state index in [1.165, 1.54) is 30.3 Å². The molecule has 0 atom stereocenters.